The first-order valence-corrected chi connectivity index (χ1v) is 6.79. The van der Waals surface area contributed by atoms with Crippen LogP contribution in [-0.4, -0.2) is 36.4 Å². The number of aromatic nitrogens is 1. The van der Waals surface area contributed by atoms with Crippen molar-refractivity contribution >= 4 is 17.6 Å². The number of carbonyl (C=O) groups is 2. The second kappa shape index (κ2) is 7.47. The van der Waals surface area contributed by atoms with E-state index in [4.69, 9.17) is 0 Å². The lowest BCUT2D eigenvalue weighted by molar-refractivity contribution is -0.122. The average Bonchev–Trinajstić information content (AvgIpc) is 2.46. The van der Waals surface area contributed by atoms with Crippen molar-refractivity contribution in [3.63, 3.8) is 0 Å². The molecule has 1 atom stereocenters. The molecular formula is C14H22N4O2. The highest BCUT2D eigenvalue weighted by molar-refractivity contribution is 5.98. The number of hydrogen-bond donors (Lipinski definition) is 3. The molecule has 110 valence electrons. The van der Waals surface area contributed by atoms with Gasteiger partial charge in [-0.15, -0.1) is 0 Å². The second-order valence-corrected chi connectivity index (χ2v) is 4.43. The van der Waals surface area contributed by atoms with E-state index in [2.05, 4.69) is 20.9 Å². The van der Waals surface area contributed by atoms with E-state index in [9.17, 15) is 9.59 Å². The Morgan fingerprint density at radius 2 is 2.00 bits per heavy atom. The highest BCUT2D eigenvalue weighted by Gasteiger charge is 2.16. The third-order valence-corrected chi connectivity index (χ3v) is 2.85. The molecule has 2 amide bonds. The number of pyridine rings is 1. The predicted octanol–water partition coefficient (Wildman–Crippen LogP) is 0.940. The molecule has 6 nitrogen and oxygen atoms in total. The first-order chi connectivity index (χ1) is 9.51. The van der Waals surface area contributed by atoms with Crippen molar-refractivity contribution < 1.29 is 9.59 Å². The molecule has 1 aromatic rings. The minimum absolute atomic E-state index is 0.195. The molecule has 0 aliphatic carbocycles. The Kier molecular flexibility index (Phi) is 5.96. The van der Waals surface area contributed by atoms with Crippen LogP contribution >= 0.6 is 0 Å². The number of hydrogen-bond acceptors (Lipinski definition) is 4. The van der Waals surface area contributed by atoms with E-state index in [-0.39, 0.29) is 11.8 Å². The van der Waals surface area contributed by atoms with Gasteiger partial charge in [-0.25, -0.2) is 4.98 Å². The van der Waals surface area contributed by atoms with Gasteiger partial charge in [0.2, 0.25) is 5.91 Å². The van der Waals surface area contributed by atoms with Crippen molar-refractivity contribution in [3.8, 4) is 0 Å². The predicted molar refractivity (Wildman–Crippen MR) is 78.8 cm³/mol. The van der Waals surface area contributed by atoms with Crippen molar-refractivity contribution in [2.45, 2.75) is 33.2 Å². The molecule has 0 aromatic carbocycles. The monoisotopic (exact) mass is 278 g/mol. The maximum absolute atomic E-state index is 12.2. The summed E-state index contributed by atoms with van der Waals surface area (Å²) in [7, 11) is 1.75. The zero-order valence-electron chi connectivity index (χ0n) is 12.4. The highest BCUT2D eigenvalue weighted by atomic mass is 16.2. The Labute approximate surface area is 119 Å². The Hall–Kier alpha value is -2.11. The summed E-state index contributed by atoms with van der Waals surface area (Å²) in [5.74, 6) is 0.164. The maximum Gasteiger partial charge on any atom is 0.252 e. The normalized spacial score (nSPS) is 11.6. The Morgan fingerprint density at radius 3 is 2.55 bits per heavy atom. The van der Waals surface area contributed by atoms with Gasteiger partial charge in [-0.05, 0) is 32.4 Å². The molecule has 1 rings (SSSR count). The summed E-state index contributed by atoms with van der Waals surface area (Å²) in [6.45, 7) is 6.00. The number of likely N-dealkylation sites (N-methyl/N-ethyl adjacent to an activating group) is 1. The van der Waals surface area contributed by atoms with Gasteiger partial charge in [-0.3, -0.25) is 9.59 Å². The maximum atomic E-state index is 12.2. The molecule has 0 saturated carbocycles. The number of aryl methyl sites for hydroxylation is 1. The van der Waals surface area contributed by atoms with Crippen LogP contribution in [-0.2, 0) is 11.2 Å². The first-order valence-electron chi connectivity index (χ1n) is 6.79. The minimum Gasteiger partial charge on any atom is -0.373 e. The van der Waals surface area contributed by atoms with Crippen molar-refractivity contribution in [1.29, 1.82) is 0 Å². The van der Waals surface area contributed by atoms with Crippen LogP contribution in [0.25, 0.3) is 0 Å². The molecule has 0 radical (unpaired) electrons. The Bertz CT molecular complexity index is 466. The fourth-order valence-corrected chi connectivity index (χ4v) is 1.70. The van der Waals surface area contributed by atoms with Gasteiger partial charge < -0.3 is 16.0 Å². The molecule has 0 aliphatic rings. The number of rotatable bonds is 6. The van der Waals surface area contributed by atoms with Crippen LogP contribution in [0.2, 0.25) is 0 Å². The Morgan fingerprint density at radius 1 is 1.30 bits per heavy atom. The average molecular weight is 278 g/mol. The molecular weight excluding hydrogens is 256 g/mol. The van der Waals surface area contributed by atoms with Gasteiger partial charge in [-0.2, -0.15) is 0 Å². The van der Waals surface area contributed by atoms with E-state index < -0.39 is 6.04 Å². The van der Waals surface area contributed by atoms with Gasteiger partial charge in [0.15, 0.2) is 0 Å². The molecule has 1 heterocycles. The summed E-state index contributed by atoms with van der Waals surface area (Å²) < 4.78 is 0. The fraction of sp³-hybridized carbons (Fsp3) is 0.500. The lowest BCUT2D eigenvalue weighted by Crippen LogP contribution is -2.44. The van der Waals surface area contributed by atoms with Crippen molar-refractivity contribution in [1.82, 2.24) is 15.6 Å². The molecule has 1 unspecified atom stereocenters. The summed E-state index contributed by atoms with van der Waals surface area (Å²) in [4.78, 5) is 28.1. The lowest BCUT2D eigenvalue weighted by Gasteiger charge is -2.14. The van der Waals surface area contributed by atoms with Crippen LogP contribution in [0.15, 0.2) is 12.1 Å². The molecule has 0 aliphatic heterocycles. The van der Waals surface area contributed by atoms with Crippen molar-refractivity contribution in [2.24, 2.45) is 0 Å². The van der Waals surface area contributed by atoms with Gasteiger partial charge in [-0.1, -0.05) is 6.92 Å². The standard InChI is InChI=1S/C14H22N4O2/c1-5-11-7-10(8-12(15-4)18-11)14(20)17-9(3)13(19)16-6-2/h7-9H,5-6H2,1-4H3,(H,15,18)(H,16,19)(H,17,20). The van der Waals surface area contributed by atoms with E-state index in [0.717, 1.165) is 12.1 Å². The molecule has 0 saturated heterocycles. The molecule has 6 heteroatoms. The van der Waals surface area contributed by atoms with E-state index in [1.54, 1.807) is 26.1 Å². The van der Waals surface area contributed by atoms with Gasteiger partial charge in [0.25, 0.3) is 5.91 Å². The number of amides is 2. The van der Waals surface area contributed by atoms with Crippen LogP contribution in [0.5, 0.6) is 0 Å². The van der Waals surface area contributed by atoms with E-state index in [1.165, 1.54) is 0 Å². The molecule has 20 heavy (non-hydrogen) atoms. The fourth-order valence-electron chi connectivity index (χ4n) is 1.70. The van der Waals surface area contributed by atoms with Gasteiger partial charge in [0.05, 0.1) is 0 Å². The quantitative estimate of drug-likeness (QED) is 0.723. The summed E-state index contributed by atoms with van der Waals surface area (Å²) in [6.07, 6.45) is 0.738. The zero-order chi connectivity index (χ0) is 15.1. The summed E-state index contributed by atoms with van der Waals surface area (Å²) in [5.41, 5.74) is 1.32. The van der Waals surface area contributed by atoms with Gasteiger partial charge in [0, 0.05) is 24.8 Å². The van der Waals surface area contributed by atoms with Crippen molar-refractivity contribution in [3.05, 3.63) is 23.4 Å². The number of anilines is 1. The third-order valence-electron chi connectivity index (χ3n) is 2.85. The highest BCUT2D eigenvalue weighted by Crippen LogP contribution is 2.11. The molecule has 3 N–H and O–H groups in total. The third kappa shape index (κ3) is 4.22. The van der Waals surface area contributed by atoms with Gasteiger partial charge in [0.1, 0.15) is 11.9 Å². The van der Waals surface area contributed by atoms with Crippen LogP contribution in [0.4, 0.5) is 5.82 Å². The van der Waals surface area contributed by atoms with E-state index in [0.29, 0.717) is 17.9 Å². The van der Waals surface area contributed by atoms with Crippen LogP contribution in [0.1, 0.15) is 36.8 Å². The molecule has 0 spiro atoms. The van der Waals surface area contributed by atoms with E-state index >= 15 is 0 Å². The number of nitrogens with one attached hydrogen (secondary N) is 3. The van der Waals surface area contributed by atoms with Crippen LogP contribution in [0, 0.1) is 0 Å². The van der Waals surface area contributed by atoms with Crippen molar-refractivity contribution in [2.75, 3.05) is 18.9 Å². The molecule has 0 bridgehead atoms. The van der Waals surface area contributed by atoms with Gasteiger partial charge >= 0.3 is 0 Å². The molecule has 1 aromatic heterocycles. The second-order valence-electron chi connectivity index (χ2n) is 4.43. The zero-order valence-corrected chi connectivity index (χ0v) is 12.4. The minimum atomic E-state index is -0.571. The first kappa shape index (κ1) is 15.9. The van der Waals surface area contributed by atoms with E-state index in [1.807, 2.05) is 13.8 Å². The number of nitrogens with zero attached hydrogens (tertiary/aromatic N) is 1. The SMILES string of the molecule is CCNC(=O)C(C)NC(=O)c1cc(CC)nc(NC)c1. The smallest absolute Gasteiger partial charge is 0.252 e. The summed E-state index contributed by atoms with van der Waals surface area (Å²) in [5, 5.41) is 8.27. The number of carbonyl (C=O) groups excluding carboxylic acids is 2. The lowest BCUT2D eigenvalue weighted by atomic mass is 10.1. The Balaban J connectivity index is 2.84. The topological polar surface area (TPSA) is 83.1 Å². The summed E-state index contributed by atoms with van der Waals surface area (Å²) >= 11 is 0. The molecule has 0 fully saturated rings. The van der Waals surface area contributed by atoms with Crippen LogP contribution < -0.4 is 16.0 Å². The summed E-state index contributed by atoms with van der Waals surface area (Å²) in [6, 6.07) is 2.83. The largest absolute Gasteiger partial charge is 0.373 e. The van der Waals surface area contributed by atoms with Crippen LogP contribution in [0.3, 0.4) is 0 Å².